The molecule has 0 heterocycles. The summed E-state index contributed by atoms with van der Waals surface area (Å²) in [5.74, 6) is 0. The maximum atomic E-state index is 10.2. The molecule has 1 N–H and O–H groups in total. The van der Waals surface area contributed by atoms with E-state index in [9.17, 15) is 5.11 Å². The van der Waals surface area contributed by atoms with Crippen molar-refractivity contribution in [3.8, 4) is 0 Å². The molecule has 15 heavy (non-hydrogen) atoms. The van der Waals surface area contributed by atoms with Gasteiger partial charge in [-0.25, -0.2) is 0 Å². The summed E-state index contributed by atoms with van der Waals surface area (Å²) in [5, 5.41) is 10.2. The van der Waals surface area contributed by atoms with Crippen LogP contribution < -0.4 is 0 Å². The van der Waals surface area contributed by atoms with Crippen LogP contribution in [0.25, 0.3) is 0 Å². The van der Waals surface area contributed by atoms with Crippen LogP contribution in [0.2, 0.25) is 0 Å². The smallest absolute Gasteiger partial charge is 0.0682 e. The number of hydrogen-bond donors (Lipinski definition) is 1. The van der Waals surface area contributed by atoms with Crippen LogP contribution >= 0.6 is 0 Å². The molecule has 0 unspecified atom stereocenters. The van der Waals surface area contributed by atoms with Gasteiger partial charge in [-0.3, -0.25) is 0 Å². The van der Waals surface area contributed by atoms with Crippen molar-refractivity contribution in [1.82, 2.24) is 0 Å². The van der Waals surface area contributed by atoms with E-state index in [1.54, 1.807) is 6.08 Å². The van der Waals surface area contributed by atoms with Gasteiger partial charge in [0.25, 0.3) is 0 Å². The van der Waals surface area contributed by atoms with Crippen LogP contribution in [-0.2, 0) is 6.42 Å². The van der Waals surface area contributed by atoms with E-state index in [0.717, 1.165) is 19.3 Å². The summed E-state index contributed by atoms with van der Waals surface area (Å²) >= 11 is 0. The quantitative estimate of drug-likeness (QED) is 0.705. The van der Waals surface area contributed by atoms with E-state index in [4.69, 9.17) is 0 Å². The first-order valence-electron chi connectivity index (χ1n) is 5.57. The largest absolute Gasteiger partial charge is 0.390 e. The van der Waals surface area contributed by atoms with Gasteiger partial charge < -0.3 is 5.11 Å². The van der Waals surface area contributed by atoms with Crippen molar-refractivity contribution in [1.29, 1.82) is 0 Å². The number of benzene rings is 1. The van der Waals surface area contributed by atoms with Gasteiger partial charge in [0.15, 0.2) is 0 Å². The Morgan fingerprint density at radius 2 is 2.00 bits per heavy atom. The predicted octanol–water partition coefficient (Wildman–Crippen LogP) is 3.34. The van der Waals surface area contributed by atoms with Crippen molar-refractivity contribution < 1.29 is 5.11 Å². The molecule has 1 nitrogen and oxygen atoms in total. The lowest BCUT2D eigenvalue weighted by Gasteiger charge is -2.25. The molecule has 0 aliphatic heterocycles. The van der Waals surface area contributed by atoms with E-state index in [-0.39, 0.29) is 0 Å². The average Bonchev–Trinajstić information content (AvgIpc) is 2.28. The van der Waals surface area contributed by atoms with E-state index >= 15 is 0 Å². The molecule has 1 atom stereocenters. The van der Waals surface area contributed by atoms with Gasteiger partial charge in [-0.1, -0.05) is 43.3 Å². The molecule has 0 amide bonds. The second kappa shape index (κ2) is 5.72. The third-order valence-electron chi connectivity index (χ3n) is 2.90. The molecule has 0 bridgehead atoms. The monoisotopic (exact) mass is 204 g/mol. The van der Waals surface area contributed by atoms with Crippen LogP contribution in [0.4, 0.5) is 0 Å². The minimum absolute atomic E-state index is 0.572. The second-order valence-corrected chi connectivity index (χ2v) is 4.06. The molecule has 82 valence electrons. The fraction of sp³-hybridized carbons (Fsp3) is 0.429. The highest BCUT2D eigenvalue weighted by Gasteiger charge is 2.22. The van der Waals surface area contributed by atoms with Gasteiger partial charge in [0.1, 0.15) is 0 Å². The lowest BCUT2D eigenvalue weighted by molar-refractivity contribution is 0.0308. The van der Waals surface area contributed by atoms with Gasteiger partial charge in [0, 0.05) is 0 Å². The van der Waals surface area contributed by atoms with Crippen LogP contribution in [0.5, 0.6) is 0 Å². The Labute approximate surface area is 92.5 Å². The molecule has 0 aliphatic rings. The second-order valence-electron chi connectivity index (χ2n) is 4.06. The van der Waals surface area contributed by atoms with Crippen molar-refractivity contribution in [2.24, 2.45) is 0 Å². The molecule has 1 aromatic rings. The Balaban J connectivity index is 2.51. The topological polar surface area (TPSA) is 20.2 Å². The zero-order valence-corrected chi connectivity index (χ0v) is 9.45. The number of aryl methyl sites for hydroxylation is 1. The fourth-order valence-electron chi connectivity index (χ4n) is 1.71. The number of aliphatic hydroxyl groups is 1. The van der Waals surface area contributed by atoms with Crippen molar-refractivity contribution in [2.45, 2.75) is 38.2 Å². The van der Waals surface area contributed by atoms with E-state index in [0.29, 0.717) is 6.42 Å². The molecular formula is C14H20O. The minimum Gasteiger partial charge on any atom is -0.390 e. The Hall–Kier alpha value is -1.08. The molecule has 0 aromatic heterocycles. The standard InChI is InChI=1S/C14H20O/c1-3-11-14(15,4-2)12-10-13-8-6-5-7-9-13/h3,5-9,15H,1,4,10-12H2,2H3/t14-/m0/s1. The Kier molecular flexibility index (Phi) is 4.57. The third kappa shape index (κ3) is 3.88. The molecule has 1 heteroatoms. The zero-order valence-electron chi connectivity index (χ0n) is 9.45. The lowest BCUT2D eigenvalue weighted by Crippen LogP contribution is -2.27. The van der Waals surface area contributed by atoms with Crippen molar-refractivity contribution in [3.05, 3.63) is 48.6 Å². The Morgan fingerprint density at radius 3 is 2.53 bits per heavy atom. The van der Waals surface area contributed by atoms with E-state index in [1.807, 2.05) is 25.1 Å². The van der Waals surface area contributed by atoms with Gasteiger partial charge in [-0.05, 0) is 31.2 Å². The maximum absolute atomic E-state index is 10.2. The summed E-state index contributed by atoms with van der Waals surface area (Å²) < 4.78 is 0. The lowest BCUT2D eigenvalue weighted by atomic mass is 9.89. The summed E-state index contributed by atoms with van der Waals surface area (Å²) in [4.78, 5) is 0. The zero-order chi connectivity index (χ0) is 11.1. The molecule has 1 rings (SSSR count). The van der Waals surface area contributed by atoms with E-state index in [2.05, 4.69) is 18.7 Å². The first kappa shape index (κ1) is 12.0. The van der Waals surface area contributed by atoms with Crippen LogP contribution in [-0.4, -0.2) is 10.7 Å². The van der Waals surface area contributed by atoms with Gasteiger partial charge in [0.2, 0.25) is 0 Å². The normalized spacial score (nSPS) is 14.5. The fourth-order valence-corrected chi connectivity index (χ4v) is 1.71. The molecule has 0 spiro atoms. The van der Waals surface area contributed by atoms with Crippen molar-refractivity contribution >= 4 is 0 Å². The molecule has 0 fully saturated rings. The molecule has 0 aliphatic carbocycles. The minimum atomic E-state index is -0.572. The summed E-state index contributed by atoms with van der Waals surface area (Å²) in [6.07, 6.45) is 5.00. The summed E-state index contributed by atoms with van der Waals surface area (Å²) in [6.45, 7) is 5.71. The third-order valence-corrected chi connectivity index (χ3v) is 2.90. The van der Waals surface area contributed by atoms with Crippen LogP contribution in [0, 0.1) is 0 Å². The first-order valence-corrected chi connectivity index (χ1v) is 5.57. The first-order chi connectivity index (χ1) is 7.20. The van der Waals surface area contributed by atoms with E-state index < -0.39 is 5.60 Å². The van der Waals surface area contributed by atoms with Crippen molar-refractivity contribution in [2.75, 3.05) is 0 Å². The average molecular weight is 204 g/mol. The van der Waals surface area contributed by atoms with Gasteiger partial charge in [-0.15, -0.1) is 6.58 Å². The Bertz CT molecular complexity index is 291. The molecule has 0 radical (unpaired) electrons. The summed E-state index contributed by atoms with van der Waals surface area (Å²) in [5.41, 5.74) is 0.714. The molecule has 1 aromatic carbocycles. The maximum Gasteiger partial charge on any atom is 0.0682 e. The van der Waals surface area contributed by atoms with Crippen LogP contribution in [0.15, 0.2) is 43.0 Å². The highest BCUT2D eigenvalue weighted by atomic mass is 16.3. The van der Waals surface area contributed by atoms with Gasteiger partial charge in [0.05, 0.1) is 5.60 Å². The van der Waals surface area contributed by atoms with E-state index in [1.165, 1.54) is 5.56 Å². The number of hydrogen-bond acceptors (Lipinski definition) is 1. The Morgan fingerprint density at radius 1 is 1.33 bits per heavy atom. The summed E-state index contributed by atoms with van der Waals surface area (Å²) in [7, 11) is 0. The van der Waals surface area contributed by atoms with Gasteiger partial charge in [-0.2, -0.15) is 0 Å². The predicted molar refractivity (Wildman–Crippen MR) is 64.8 cm³/mol. The highest BCUT2D eigenvalue weighted by molar-refractivity contribution is 5.15. The molecular weight excluding hydrogens is 184 g/mol. The SMILES string of the molecule is C=CC[C@@](O)(CC)CCc1ccccc1. The van der Waals surface area contributed by atoms with Crippen LogP contribution in [0.1, 0.15) is 31.7 Å². The number of rotatable bonds is 6. The molecule has 0 saturated heterocycles. The summed E-state index contributed by atoms with van der Waals surface area (Å²) in [6, 6.07) is 10.3. The van der Waals surface area contributed by atoms with Gasteiger partial charge >= 0.3 is 0 Å². The highest BCUT2D eigenvalue weighted by Crippen LogP contribution is 2.22. The molecule has 0 saturated carbocycles. The van der Waals surface area contributed by atoms with Crippen molar-refractivity contribution in [3.63, 3.8) is 0 Å². The van der Waals surface area contributed by atoms with Crippen LogP contribution in [0.3, 0.4) is 0 Å².